The maximum Gasteiger partial charge on any atom is 0.318 e. The van der Waals surface area contributed by atoms with Crippen molar-refractivity contribution in [1.82, 2.24) is 4.31 Å². The highest BCUT2D eigenvalue weighted by molar-refractivity contribution is 9.10. The topological polar surface area (TPSA) is 104 Å². The summed E-state index contributed by atoms with van der Waals surface area (Å²) in [4.78, 5) is 21.9. The van der Waals surface area contributed by atoms with E-state index in [0.29, 0.717) is 11.3 Å². The summed E-state index contributed by atoms with van der Waals surface area (Å²) in [5.74, 6) is -1.45. The van der Waals surface area contributed by atoms with E-state index in [0.717, 1.165) is 4.31 Å². The summed E-state index contributed by atoms with van der Waals surface area (Å²) < 4.78 is 25.6. The van der Waals surface area contributed by atoms with E-state index in [4.69, 9.17) is 5.11 Å². The van der Waals surface area contributed by atoms with Gasteiger partial charge in [0.15, 0.2) is 0 Å². The van der Waals surface area contributed by atoms with E-state index >= 15 is 0 Å². The first-order valence-electron chi connectivity index (χ1n) is 5.52. The van der Waals surface area contributed by atoms with Crippen molar-refractivity contribution >= 4 is 43.5 Å². The number of carboxylic acids is 1. The van der Waals surface area contributed by atoms with Crippen molar-refractivity contribution in [2.45, 2.75) is 11.3 Å². The van der Waals surface area contributed by atoms with Crippen LogP contribution >= 0.6 is 15.9 Å². The van der Waals surface area contributed by atoms with Gasteiger partial charge in [0.1, 0.15) is 6.54 Å². The summed E-state index contributed by atoms with van der Waals surface area (Å²) in [5, 5.41) is 11.3. The van der Waals surface area contributed by atoms with Gasteiger partial charge >= 0.3 is 5.97 Å². The Bertz CT molecular complexity index is 701. The zero-order chi connectivity index (χ0) is 15.1. The van der Waals surface area contributed by atoms with Crippen molar-refractivity contribution in [3.63, 3.8) is 0 Å². The van der Waals surface area contributed by atoms with E-state index < -0.39 is 22.5 Å². The molecular formula is C11H11BrN2O5S. The predicted molar refractivity (Wildman–Crippen MR) is 73.9 cm³/mol. The molecule has 108 valence electrons. The number of halogens is 1. The number of likely N-dealkylation sites (N-methyl/N-ethyl adjacent to an activating group) is 1. The van der Waals surface area contributed by atoms with Crippen molar-refractivity contribution < 1.29 is 23.1 Å². The lowest BCUT2D eigenvalue weighted by atomic mass is 10.2. The quantitative estimate of drug-likeness (QED) is 0.818. The first-order chi connectivity index (χ1) is 9.21. The Morgan fingerprint density at radius 1 is 1.50 bits per heavy atom. The lowest BCUT2D eigenvalue weighted by Crippen LogP contribution is -2.32. The molecule has 1 aliphatic rings. The second-order valence-electron chi connectivity index (χ2n) is 4.32. The van der Waals surface area contributed by atoms with Crippen LogP contribution in [0, 0.1) is 0 Å². The first-order valence-corrected chi connectivity index (χ1v) is 7.75. The minimum absolute atomic E-state index is 0.0588. The molecule has 7 nitrogen and oxygen atoms in total. The first kappa shape index (κ1) is 14.9. The van der Waals surface area contributed by atoms with Crippen molar-refractivity contribution in [2.75, 3.05) is 18.9 Å². The molecule has 1 aromatic rings. The molecule has 2 rings (SSSR count). The number of hydrogen-bond donors (Lipinski definition) is 2. The van der Waals surface area contributed by atoms with Crippen LogP contribution in [0.5, 0.6) is 0 Å². The average Bonchev–Trinajstić information content (AvgIpc) is 2.66. The van der Waals surface area contributed by atoms with Gasteiger partial charge in [0.05, 0.1) is 11.3 Å². The third-order valence-corrected chi connectivity index (χ3v) is 5.59. The summed E-state index contributed by atoms with van der Waals surface area (Å²) in [5.41, 5.74) is 1.13. The molecule has 0 aliphatic carbocycles. The number of carbonyl (C=O) groups is 2. The summed E-state index contributed by atoms with van der Waals surface area (Å²) in [6.07, 6.45) is 0.105. The number of carbonyl (C=O) groups excluding carboxylic acids is 1. The van der Waals surface area contributed by atoms with Crippen molar-refractivity contribution in [3.8, 4) is 0 Å². The van der Waals surface area contributed by atoms with Gasteiger partial charge in [-0.15, -0.1) is 0 Å². The van der Waals surface area contributed by atoms with E-state index in [1.807, 2.05) is 0 Å². The van der Waals surface area contributed by atoms with Crippen molar-refractivity contribution in [3.05, 3.63) is 22.2 Å². The van der Waals surface area contributed by atoms with E-state index in [1.54, 1.807) is 0 Å². The molecule has 0 radical (unpaired) electrons. The van der Waals surface area contributed by atoms with Gasteiger partial charge in [0.25, 0.3) is 0 Å². The fourth-order valence-electron chi connectivity index (χ4n) is 1.87. The van der Waals surface area contributed by atoms with Gasteiger partial charge in [-0.1, -0.05) is 0 Å². The Balaban J connectivity index is 2.45. The van der Waals surface area contributed by atoms with E-state index in [-0.39, 0.29) is 21.7 Å². The second-order valence-corrected chi connectivity index (χ2v) is 7.19. The highest BCUT2D eigenvalue weighted by Crippen LogP contribution is 2.33. The molecule has 0 fully saturated rings. The minimum atomic E-state index is -3.94. The molecule has 0 spiro atoms. The number of nitrogens with one attached hydrogen (secondary N) is 1. The van der Waals surface area contributed by atoms with Gasteiger partial charge in [-0.05, 0) is 33.6 Å². The Kier molecular flexibility index (Phi) is 3.85. The molecule has 1 amide bonds. The molecule has 0 unspecified atom stereocenters. The van der Waals surface area contributed by atoms with Gasteiger partial charge in [-0.25, -0.2) is 8.42 Å². The van der Waals surface area contributed by atoms with Gasteiger partial charge in [-0.3, -0.25) is 9.59 Å². The zero-order valence-corrected chi connectivity index (χ0v) is 12.8. The minimum Gasteiger partial charge on any atom is -0.480 e. The molecule has 0 saturated carbocycles. The largest absolute Gasteiger partial charge is 0.480 e. The number of anilines is 1. The van der Waals surface area contributed by atoms with Crippen LogP contribution in [-0.2, 0) is 26.0 Å². The number of rotatable bonds is 4. The molecule has 20 heavy (non-hydrogen) atoms. The molecule has 0 aromatic heterocycles. The normalized spacial score (nSPS) is 14.2. The lowest BCUT2D eigenvalue weighted by Gasteiger charge is -2.16. The van der Waals surface area contributed by atoms with Gasteiger partial charge < -0.3 is 10.4 Å². The summed E-state index contributed by atoms with van der Waals surface area (Å²) in [7, 11) is -2.75. The fourth-order valence-corrected chi connectivity index (χ4v) is 4.04. The van der Waals surface area contributed by atoms with Crippen LogP contribution in [0.25, 0.3) is 0 Å². The summed E-state index contributed by atoms with van der Waals surface area (Å²) in [6.45, 7) is -0.636. The molecule has 9 heteroatoms. The maximum absolute atomic E-state index is 12.3. The highest BCUT2D eigenvalue weighted by Gasteiger charge is 2.28. The molecule has 2 N–H and O–H groups in total. The fraction of sp³-hybridized carbons (Fsp3) is 0.273. The Hall–Kier alpha value is -1.45. The Morgan fingerprint density at radius 3 is 2.75 bits per heavy atom. The van der Waals surface area contributed by atoms with E-state index in [2.05, 4.69) is 21.2 Å². The number of carboxylic acid groups (broad SMARTS) is 1. The lowest BCUT2D eigenvalue weighted by molar-refractivity contribution is -0.137. The number of fused-ring (bicyclic) bond motifs is 1. The molecule has 1 aromatic carbocycles. The van der Waals surface area contributed by atoms with E-state index in [9.17, 15) is 18.0 Å². The number of benzene rings is 1. The molecule has 0 saturated heterocycles. The number of sulfonamides is 1. The summed E-state index contributed by atoms with van der Waals surface area (Å²) in [6, 6.07) is 2.88. The molecule has 0 atom stereocenters. The van der Waals surface area contributed by atoms with Crippen LogP contribution < -0.4 is 5.32 Å². The van der Waals surface area contributed by atoms with Crippen molar-refractivity contribution in [1.29, 1.82) is 0 Å². The highest BCUT2D eigenvalue weighted by atomic mass is 79.9. The number of nitrogens with zero attached hydrogens (tertiary/aromatic N) is 1. The SMILES string of the molecule is CN(CC(=O)O)S(=O)(=O)c1cc2c(cc1Br)NC(=O)C2. The van der Waals surface area contributed by atoms with E-state index in [1.165, 1.54) is 19.2 Å². The molecule has 1 aliphatic heterocycles. The molecule has 1 heterocycles. The van der Waals surface area contributed by atoms with Crippen LogP contribution in [0.4, 0.5) is 5.69 Å². The average molecular weight is 363 g/mol. The Labute approximate surface area is 123 Å². The third kappa shape index (κ3) is 2.69. The zero-order valence-electron chi connectivity index (χ0n) is 10.4. The van der Waals surface area contributed by atoms with Gasteiger partial charge in [0.2, 0.25) is 15.9 Å². The molecule has 0 bridgehead atoms. The Morgan fingerprint density at radius 2 is 2.15 bits per heavy atom. The van der Waals surface area contributed by atoms with Crippen LogP contribution in [0.15, 0.2) is 21.5 Å². The van der Waals surface area contributed by atoms with Crippen LogP contribution in [-0.4, -0.2) is 43.3 Å². The number of hydrogen-bond acceptors (Lipinski definition) is 4. The monoisotopic (exact) mass is 362 g/mol. The standard InChI is InChI=1S/C11H11BrN2O5S/c1-14(5-11(16)17)20(18,19)9-2-6-3-10(15)13-8(6)4-7(9)12/h2,4H,3,5H2,1H3,(H,13,15)(H,16,17). The number of aliphatic carboxylic acids is 1. The third-order valence-electron chi connectivity index (χ3n) is 2.83. The maximum atomic E-state index is 12.3. The molecular weight excluding hydrogens is 352 g/mol. The second kappa shape index (κ2) is 5.15. The predicted octanol–water partition coefficient (Wildman–Crippen LogP) is 0.649. The number of amides is 1. The van der Waals surface area contributed by atoms with Gasteiger partial charge in [-0.2, -0.15) is 4.31 Å². The smallest absolute Gasteiger partial charge is 0.318 e. The summed E-state index contributed by atoms with van der Waals surface area (Å²) >= 11 is 3.14. The van der Waals surface area contributed by atoms with Crippen LogP contribution in [0.1, 0.15) is 5.56 Å². The van der Waals surface area contributed by atoms with Gasteiger partial charge in [0, 0.05) is 17.2 Å². The van der Waals surface area contributed by atoms with Crippen LogP contribution in [0.3, 0.4) is 0 Å². The van der Waals surface area contributed by atoms with Crippen molar-refractivity contribution in [2.24, 2.45) is 0 Å². The van der Waals surface area contributed by atoms with Crippen LogP contribution in [0.2, 0.25) is 0 Å².